The average Bonchev–Trinajstić information content (AvgIpc) is 2.25. The van der Waals surface area contributed by atoms with Crippen molar-refractivity contribution >= 4 is 0 Å². The van der Waals surface area contributed by atoms with Crippen molar-refractivity contribution in [2.45, 2.75) is 24.7 Å². The molecule has 0 heterocycles. The summed E-state index contributed by atoms with van der Waals surface area (Å²) in [5.41, 5.74) is 3.24. The topological polar surface area (TPSA) is 0 Å². The lowest BCUT2D eigenvalue weighted by atomic mass is 9.83. The molecule has 1 rings (SSSR count). The quantitative estimate of drug-likeness (QED) is 0.682. The normalized spacial score (nSPS) is 11.3. The smallest absolute Gasteiger partial charge is 0.0280 e. The van der Waals surface area contributed by atoms with Crippen molar-refractivity contribution in [2.75, 3.05) is 0 Å². The lowest BCUT2D eigenvalue weighted by Crippen LogP contribution is -2.14. The summed E-state index contributed by atoms with van der Waals surface area (Å²) in [6.07, 6.45) is 8.38. The van der Waals surface area contributed by atoms with Gasteiger partial charge in [0.05, 0.1) is 0 Å². The van der Waals surface area contributed by atoms with Crippen molar-refractivity contribution in [1.82, 2.24) is 0 Å². The van der Waals surface area contributed by atoms with Crippen LogP contribution in [0, 0.1) is 47.0 Å². The number of terminal acetylenes is 1. The van der Waals surface area contributed by atoms with Gasteiger partial charge in [0.15, 0.2) is 0 Å². The van der Waals surface area contributed by atoms with Gasteiger partial charge in [0.1, 0.15) is 0 Å². The van der Waals surface area contributed by atoms with Crippen LogP contribution in [0.4, 0.5) is 0 Å². The van der Waals surface area contributed by atoms with E-state index < -0.39 is 5.41 Å². The Labute approximate surface area is 106 Å². The van der Waals surface area contributed by atoms with Crippen LogP contribution in [-0.2, 0) is 11.8 Å². The van der Waals surface area contributed by atoms with Crippen LogP contribution in [-0.4, -0.2) is 0 Å². The first-order valence-corrected chi connectivity index (χ1v) is 5.71. The molecule has 0 N–H and O–H groups in total. The second-order valence-electron chi connectivity index (χ2n) is 4.54. The molecule has 0 nitrogen and oxygen atoms in total. The molecule has 1 aromatic carbocycles. The van der Waals surface area contributed by atoms with Crippen LogP contribution in [0.3, 0.4) is 0 Å². The molecule has 0 aromatic heterocycles. The zero-order valence-corrected chi connectivity index (χ0v) is 10.4. The highest BCUT2D eigenvalue weighted by molar-refractivity contribution is 5.51. The first-order valence-electron chi connectivity index (χ1n) is 5.71. The van der Waals surface area contributed by atoms with E-state index in [0.717, 1.165) is 41.5 Å². The van der Waals surface area contributed by atoms with Gasteiger partial charge in [-0.25, -0.2) is 0 Å². The van der Waals surface area contributed by atoms with E-state index in [4.69, 9.17) is 6.42 Å². The summed E-state index contributed by atoms with van der Waals surface area (Å²) in [5, 5.41) is 0. The van der Waals surface area contributed by atoms with Crippen molar-refractivity contribution in [3.63, 3.8) is 0 Å². The van der Waals surface area contributed by atoms with Crippen LogP contribution in [0.25, 0.3) is 0 Å². The van der Waals surface area contributed by atoms with Gasteiger partial charge in [0.2, 0.25) is 0 Å². The Bertz CT molecular complexity index is 425. The highest BCUT2D eigenvalue weighted by Gasteiger charge is 2.17. The average molecular weight is 223 g/mol. The molecule has 0 spiro atoms. The molecule has 0 aliphatic heterocycles. The number of unbranched alkanes of at least 4 members (excludes halogenated alkanes) is 1. The van der Waals surface area contributed by atoms with Gasteiger partial charge in [-0.1, -0.05) is 25.3 Å². The largest absolute Gasteiger partial charge is 0.115 e. The van der Waals surface area contributed by atoms with Crippen LogP contribution in [0.2, 0.25) is 0 Å². The molecular formula is C17H19. The third-order valence-electron chi connectivity index (χ3n) is 2.79. The van der Waals surface area contributed by atoms with E-state index in [1.807, 2.05) is 12.1 Å². The Hall–Kier alpha value is -1.22. The number of benzene rings is 1. The van der Waals surface area contributed by atoms with Gasteiger partial charge >= 0.3 is 0 Å². The number of hydrogen-bond acceptors (Lipinski definition) is 0. The fourth-order valence-electron chi connectivity index (χ4n) is 1.76. The third-order valence-corrected chi connectivity index (χ3v) is 2.79. The standard InChI is InChI=1S/C17H19/c1-7-9-10-16-13(3)11-15(17(4,5)6)12-14(16)8-2/h2,11-12H,1,3-7,9-10H2. The van der Waals surface area contributed by atoms with E-state index in [0.29, 0.717) is 0 Å². The van der Waals surface area contributed by atoms with Gasteiger partial charge in [0, 0.05) is 5.56 Å². The number of hydrogen-bond donors (Lipinski definition) is 0. The summed E-state index contributed by atoms with van der Waals surface area (Å²) in [7, 11) is 0. The highest BCUT2D eigenvalue weighted by atomic mass is 14.2. The lowest BCUT2D eigenvalue weighted by Gasteiger charge is -2.21. The third kappa shape index (κ3) is 3.37. The Balaban J connectivity index is 3.23. The lowest BCUT2D eigenvalue weighted by molar-refractivity contribution is 0.819. The second kappa shape index (κ2) is 5.41. The van der Waals surface area contributed by atoms with E-state index in [1.54, 1.807) is 0 Å². The second-order valence-corrected chi connectivity index (χ2v) is 4.54. The maximum atomic E-state index is 5.55. The van der Waals surface area contributed by atoms with E-state index in [2.05, 4.69) is 40.5 Å². The van der Waals surface area contributed by atoms with Crippen LogP contribution in [0.1, 0.15) is 35.1 Å². The van der Waals surface area contributed by atoms with Crippen molar-refractivity contribution in [1.29, 1.82) is 0 Å². The molecule has 0 unspecified atom stereocenters. The molecule has 0 aliphatic rings. The molecule has 0 atom stereocenters. The minimum atomic E-state index is -0.636. The van der Waals surface area contributed by atoms with Gasteiger partial charge in [-0.3, -0.25) is 0 Å². The predicted molar refractivity (Wildman–Crippen MR) is 74.9 cm³/mol. The molecule has 0 saturated heterocycles. The first-order chi connectivity index (χ1) is 7.90. The summed E-state index contributed by atoms with van der Waals surface area (Å²) in [6, 6.07) is 3.92. The zero-order chi connectivity index (χ0) is 13.1. The fourth-order valence-corrected chi connectivity index (χ4v) is 1.76. The van der Waals surface area contributed by atoms with Gasteiger partial charge < -0.3 is 0 Å². The van der Waals surface area contributed by atoms with Gasteiger partial charge in [-0.2, -0.15) is 0 Å². The van der Waals surface area contributed by atoms with Gasteiger partial charge in [-0.15, -0.1) is 6.42 Å². The fraction of sp³-hybridized carbons (Fsp3) is 0.235. The Morgan fingerprint density at radius 3 is 2.35 bits per heavy atom. The van der Waals surface area contributed by atoms with E-state index >= 15 is 0 Å². The van der Waals surface area contributed by atoms with Crippen LogP contribution in [0.15, 0.2) is 12.1 Å². The summed E-state index contributed by atoms with van der Waals surface area (Å²) >= 11 is 0. The van der Waals surface area contributed by atoms with Crippen molar-refractivity contribution < 1.29 is 0 Å². The predicted octanol–water partition coefficient (Wildman–Crippen LogP) is 3.75. The van der Waals surface area contributed by atoms with Gasteiger partial charge in [0.25, 0.3) is 0 Å². The molecule has 17 heavy (non-hydrogen) atoms. The van der Waals surface area contributed by atoms with E-state index in [-0.39, 0.29) is 0 Å². The molecule has 1 aromatic rings. The molecule has 0 fully saturated rings. The van der Waals surface area contributed by atoms with Crippen LogP contribution < -0.4 is 0 Å². The van der Waals surface area contributed by atoms with Crippen LogP contribution in [0.5, 0.6) is 0 Å². The molecule has 0 aliphatic carbocycles. The Morgan fingerprint density at radius 1 is 1.24 bits per heavy atom. The number of rotatable bonds is 4. The monoisotopic (exact) mass is 223 g/mol. The summed E-state index contributed by atoms with van der Waals surface area (Å²) < 4.78 is 0. The minimum Gasteiger partial charge on any atom is -0.115 e. The van der Waals surface area contributed by atoms with Gasteiger partial charge in [-0.05, 0) is 68.7 Å². The molecule has 0 saturated carbocycles. The van der Waals surface area contributed by atoms with E-state index in [1.165, 1.54) is 0 Å². The molecule has 0 bridgehead atoms. The Kier molecular flexibility index (Phi) is 4.40. The molecular weight excluding hydrogens is 204 g/mol. The minimum absolute atomic E-state index is 0.636. The SMILES string of the molecule is C#Cc1cc(C([CH2])([CH2])[CH2])cc([CH2])c1CCC[CH2]. The van der Waals surface area contributed by atoms with E-state index in [9.17, 15) is 0 Å². The summed E-state index contributed by atoms with van der Waals surface area (Å²) in [5.74, 6) is 2.71. The summed E-state index contributed by atoms with van der Waals surface area (Å²) in [6.45, 7) is 19.7. The summed E-state index contributed by atoms with van der Waals surface area (Å²) in [4.78, 5) is 0. The molecule has 0 amide bonds. The van der Waals surface area contributed by atoms with Crippen molar-refractivity contribution in [2.24, 2.45) is 0 Å². The van der Waals surface area contributed by atoms with Crippen molar-refractivity contribution in [3.05, 3.63) is 69.0 Å². The van der Waals surface area contributed by atoms with Crippen molar-refractivity contribution in [3.8, 4) is 12.3 Å². The highest BCUT2D eigenvalue weighted by Crippen LogP contribution is 2.26. The maximum absolute atomic E-state index is 5.55. The Morgan fingerprint density at radius 2 is 1.88 bits per heavy atom. The molecule has 87 valence electrons. The van der Waals surface area contributed by atoms with Crippen LogP contribution >= 0.6 is 0 Å². The molecule has 0 heteroatoms. The zero-order valence-electron chi connectivity index (χ0n) is 10.4. The molecule has 5 radical (unpaired) electrons. The first kappa shape index (κ1) is 13.8. The maximum Gasteiger partial charge on any atom is 0.0280 e.